The second kappa shape index (κ2) is 5.99. The van der Waals surface area contributed by atoms with Crippen molar-refractivity contribution in [3.63, 3.8) is 0 Å². The van der Waals surface area contributed by atoms with Crippen LogP contribution in [-0.4, -0.2) is 26.3 Å². The van der Waals surface area contributed by atoms with Gasteiger partial charge < -0.3 is 15.6 Å². The summed E-state index contributed by atoms with van der Waals surface area (Å²) < 4.78 is 1.89. The minimum absolute atomic E-state index is 0.323. The van der Waals surface area contributed by atoms with Crippen LogP contribution in [0.15, 0.2) is 24.5 Å². The van der Waals surface area contributed by atoms with E-state index in [1.807, 2.05) is 17.7 Å². The van der Waals surface area contributed by atoms with E-state index in [-0.39, 0.29) is 0 Å². The number of anilines is 1. The molecule has 0 atom stereocenters. The smallest absolute Gasteiger partial charge is 0.134 e. The monoisotopic (exact) mass is 295 g/mol. The molecule has 0 bridgehead atoms. The predicted octanol–water partition coefficient (Wildman–Crippen LogP) is 1.76. The molecule has 0 amide bonds. The average molecular weight is 296 g/mol. The fraction of sp³-hybridized carbons (Fsp3) is 0.250. The Morgan fingerprint density at radius 1 is 1.53 bits per heavy atom. The summed E-state index contributed by atoms with van der Waals surface area (Å²) in [6, 6.07) is 5.43. The third-order valence-electron chi connectivity index (χ3n) is 2.72. The molecule has 0 spiro atoms. The van der Waals surface area contributed by atoms with Gasteiger partial charge in [-0.3, -0.25) is 0 Å². The minimum atomic E-state index is 0.323. The van der Waals surface area contributed by atoms with E-state index in [0.29, 0.717) is 16.6 Å². The maximum atomic E-state index is 5.93. The van der Waals surface area contributed by atoms with Gasteiger partial charge >= 0.3 is 0 Å². The molecule has 0 saturated heterocycles. The molecule has 0 unspecified atom stereocenters. The molecule has 0 saturated carbocycles. The Bertz CT molecular complexity index is 596. The lowest BCUT2D eigenvalue weighted by atomic mass is 10.1. The van der Waals surface area contributed by atoms with Crippen molar-refractivity contribution >= 4 is 34.5 Å². The third-order valence-corrected chi connectivity index (χ3v) is 3.17. The van der Waals surface area contributed by atoms with Crippen molar-refractivity contribution in [3.8, 4) is 0 Å². The standard InChI is InChI=1S/C12H14ClN5S/c1-18-7-16-17-11(18)4-5-15-10-3-2-8(13)6-9(10)12(14)19/h2-3,6-7,15H,4-5H2,1H3,(H2,14,19). The molecule has 3 N–H and O–H groups in total. The van der Waals surface area contributed by atoms with E-state index in [2.05, 4.69) is 15.5 Å². The van der Waals surface area contributed by atoms with Gasteiger partial charge in [0.1, 0.15) is 17.1 Å². The lowest BCUT2D eigenvalue weighted by Gasteiger charge is -2.11. The summed E-state index contributed by atoms with van der Waals surface area (Å²) in [4.78, 5) is 0.323. The highest BCUT2D eigenvalue weighted by molar-refractivity contribution is 7.80. The van der Waals surface area contributed by atoms with E-state index in [1.54, 1.807) is 18.5 Å². The lowest BCUT2D eigenvalue weighted by molar-refractivity contribution is 0.788. The van der Waals surface area contributed by atoms with Crippen LogP contribution in [0.1, 0.15) is 11.4 Å². The molecular formula is C12H14ClN5S. The van der Waals surface area contributed by atoms with Crippen LogP contribution in [0, 0.1) is 0 Å². The maximum absolute atomic E-state index is 5.93. The van der Waals surface area contributed by atoms with Gasteiger partial charge in [-0.05, 0) is 18.2 Å². The number of halogens is 1. The van der Waals surface area contributed by atoms with E-state index in [0.717, 1.165) is 23.5 Å². The van der Waals surface area contributed by atoms with E-state index >= 15 is 0 Å². The number of hydrogen-bond acceptors (Lipinski definition) is 4. The summed E-state index contributed by atoms with van der Waals surface area (Å²) in [6.45, 7) is 0.712. The Labute approximate surface area is 121 Å². The SMILES string of the molecule is Cn1cnnc1CCNc1ccc(Cl)cc1C(N)=S. The van der Waals surface area contributed by atoms with Crippen LogP contribution >= 0.6 is 23.8 Å². The Morgan fingerprint density at radius 3 is 2.95 bits per heavy atom. The predicted molar refractivity (Wildman–Crippen MR) is 80.5 cm³/mol. The molecule has 100 valence electrons. The van der Waals surface area contributed by atoms with Gasteiger partial charge in [0.05, 0.1) is 0 Å². The first-order chi connectivity index (χ1) is 9.08. The number of nitrogens with one attached hydrogen (secondary N) is 1. The van der Waals surface area contributed by atoms with Crippen molar-refractivity contribution in [2.24, 2.45) is 12.8 Å². The van der Waals surface area contributed by atoms with Gasteiger partial charge in [0.25, 0.3) is 0 Å². The molecule has 0 aliphatic rings. The molecule has 1 heterocycles. The quantitative estimate of drug-likeness (QED) is 0.823. The van der Waals surface area contributed by atoms with Crippen molar-refractivity contribution in [2.75, 3.05) is 11.9 Å². The maximum Gasteiger partial charge on any atom is 0.134 e. The molecule has 0 aliphatic heterocycles. The number of benzene rings is 1. The van der Waals surface area contributed by atoms with Crippen LogP contribution in [0.4, 0.5) is 5.69 Å². The fourth-order valence-electron chi connectivity index (χ4n) is 1.72. The molecular weight excluding hydrogens is 282 g/mol. The normalized spacial score (nSPS) is 10.4. The van der Waals surface area contributed by atoms with E-state index in [4.69, 9.17) is 29.6 Å². The second-order valence-electron chi connectivity index (χ2n) is 4.09. The zero-order valence-corrected chi connectivity index (χ0v) is 12.0. The van der Waals surface area contributed by atoms with Crippen LogP contribution in [0.25, 0.3) is 0 Å². The van der Waals surface area contributed by atoms with Gasteiger partial charge in [0.15, 0.2) is 0 Å². The summed E-state index contributed by atoms with van der Waals surface area (Å²) in [6.07, 6.45) is 2.44. The Hall–Kier alpha value is -1.66. The van der Waals surface area contributed by atoms with Crippen LogP contribution in [0.5, 0.6) is 0 Å². The third kappa shape index (κ3) is 3.42. The first-order valence-corrected chi connectivity index (χ1v) is 6.52. The zero-order chi connectivity index (χ0) is 13.8. The topological polar surface area (TPSA) is 68.8 Å². The van der Waals surface area contributed by atoms with Gasteiger partial charge in [-0.25, -0.2) is 0 Å². The van der Waals surface area contributed by atoms with E-state index in [1.165, 1.54) is 0 Å². The van der Waals surface area contributed by atoms with Gasteiger partial charge in [-0.1, -0.05) is 23.8 Å². The zero-order valence-electron chi connectivity index (χ0n) is 10.4. The van der Waals surface area contributed by atoms with E-state index < -0.39 is 0 Å². The molecule has 1 aromatic heterocycles. The highest BCUT2D eigenvalue weighted by atomic mass is 35.5. The summed E-state index contributed by atoms with van der Waals surface area (Å²) >= 11 is 10.9. The summed E-state index contributed by atoms with van der Waals surface area (Å²) in [5, 5.41) is 11.7. The fourth-order valence-corrected chi connectivity index (χ4v) is 2.06. The minimum Gasteiger partial charge on any atom is -0.389 e. The molecule has 7 heteroatoms. The molecule has 2 rings (SSSR count). The highest BCUT2D eigenvalue weighted by Crippen LogP contribution is 2.20. The molecule has 19 heavy (non-hydrogen) atoms. The summed E-state index contributed by atoms with van der Waals surface area (Å²) in [7, 11) is 1.91. The van der Waals surface area contributed by atoms with Gasteiger partial charge in [-0.15, -0.1) is 10.2 Å². The Morgan fingerprint density at radius 2 is 2.32 bits per heavy atom. The van der Waals surface area contributed by atoms with Crippen molar-refractivity contribution in [1.29, 1.82) is 0 Å². The van der Waals surface area contributed by atoms with Crippen LogP contribution in [0.3, 0.4) is 0 Å². The number of nitrogens with two attached hydrogens (primary N) is 1. The Kier molecular flexibility index (Phi) is 4.34. The van der Waals surface area contributed by atoms with Crippen molar-refractivity contribution in [3.05, 3.63) is 40.9 Å². The largest absolute Gasteiger partial charge is 0.389 e. The number of aryl methyl sites for hydroxylation is 1. The van der Waals surface area contributed by atoms with Crippen molar-refractivity contribution in [2.45, 2.75) is 6.42 Å². The summed E-state index contributed by atoms with van der Waals surface area (Å²) in [5.41, 5.74) is 7.30. The second-order valence-corrected chi connectivity index (χ2v) is 4.97. The van der Waals surface area contributed by atoms with Crippen LogP contribution < -0.4 is 11.1 Å². The van der Waals surface area contributed by atoms with Crippen LogP contribution in [0.2, 0.25) is 5.02 Å². The number of rotatable bonds is 5. The van der Waals surface area contributed by atoms with Gasteiger partial charge in [0, 0.05) is 36.3 Å². The first kappa shape index (κ1) is 13.8. The molecule has 0 aliphatic carbocycles. The number of hydrogen-bond donors (Lipinski definition) is 2. The molecule has 2 aromatic rings. The van der Waals surface area contributed by atoms with Gasteiger partial charge in [-0.2, -0.15) is 0 Å². The number of aromatic nitrogens is 3. The first-order valence-electron chi connectivity index (χ1n) is 5.74. The van der Waals surface area contributed by atoms with Gasteiger partial charge in [0.2, 0.25) is 0 Å². The average Bonchev–Trinajstić information content (AvgIpc) is 2.77. The Balaban J connectivity index is 2.03. The van der Waals surface area contributed by atoms with E-state index in [9.17, 15) is 0 Å². The van der Waals surface area contributed by atoms with Crippen molar-refractivity contribution < 1.29 is 0 Å². The molecule has 1 aromatic carbocycles. The van der Waals surface area contributed by atoms with Crippen LogP contribution in [-0.2, 0) is 13.5 Å². The van der Waals surface area contributed by atoms with Crippen molar-refractivity contribution in [1.82, 2.24) is 14.8 Å². The molecule has 0 fully saturated rings. The number of thiocarbonyl (C=S) groups is 1. The molecule has 0 radical (unpaired) electrons. The molecule has 5 nitrogen and oxygen atoms in total. The highest BCUT2D eigenvalue weighted by Gasteiger charge is 2.06. The lowest BCUT2D eigenvalue weighted by Crippen LogP contribution is -2.15. The summed E-state index contributed by atoms with van der Waals surface area (Å²) in [5.74, 6) is 0.915. The number of nitrogens with zero attached hydrogens (tertiary/aromatic N) is 3.